The van der Waals surface area contributed by atoms with Gasteiger partial charge in [0.25, 0.3) is 0 Å². The van der Waals surface area contributed by atoms with Crippen molar-refractivity contribution in [3.05, 3.63) is 36.5 Å². The lowest BCUT2D eigenvalue weighted by atomic mass is 9.80. The van der Waals surface area contributed by atoms with Crippen LogP contribution in [0.5, 0.6) is 0 Å². The molecule has 0 radical (unpaired) electrons. The Bertz CT molecular complexity index is 606. The molecule has 0 heterocycles. The van der Waals surface area contributed by atoms with E-state index < -0.39 is 6.09 Å². The Labute approximate surface area is 169 Å². The Morgan fingerprint density at radius 1 is 1.21 bits per heavy atom. The molecule has 6 heteroatoms. The van der Waals surface area contributed by atoms with Crippen LogP contribution in [0.1, 0.15) is 53.9 Å². The normalized spacial score (nSPS) is 12.7. The van der Waals surface area contributed by atoms with Crippen molar-refractivity contribution in [2.45, 2.75) is 53.9 Å². The Kier molecular flexibility index (Phi) is 11.8. The van der Waals surface area contributed by atoms with Crippen LogP contribution >= 0.6 is 0 Å². The molecule has 0 saturated heterocycles. The number of ketones is 1. The van der Waals surface area contributed by atoms with Gasteiger partial charge >= 0.3 is 6.09 Å². The van der Waals surface area contributed by atoms with Gasteiger partial charge in [-0.05, 0) is 49.7 Å². The molecular weight excluding hydrogens is 356 g/mol. The summed E-state index contributed by atoms with van der Waals surface area (Å²) >= 11 is 0. The van der Waals surface area contributed by atoms with Gasteiger partial charge in [-0.25, -0.2) is 4.79 Å². The van der Waals surface area contributed by atoms with E-state index in [1.165, 1.54) is 6.08 Å². The number of ether oxygens (including phenoxy) is 1. The average molecular weight is 393 g/mol. The van der Waals surface area contributed by atoms with E-state index in [-0.39, 0.29) is 23.7 Å². The number of hydrogen-bond donors (Lipinski definition) is 2. The zero-order valence-corrected chi connectivity index (χ0v) is 18.0. The van der Waals surface area contributed by atoms with Crippen molar-refractivity contribution in [1.82, 2.24) is 10.6 Å². The maximum Gasteiger partial charge on any atom is 0.407 e. The van der Waals surface area contributed by atoms with Crippen LogP contribution in [-0.4, -0.2) is 37.5 Å². The van der Waals surface area contributed by atoms with Gasteiger partial charge in [-0.15, -0.1) is 0 Å². The van der Waals surface area contributed by atoms with E-state index >= 15 is 0 Å². The zero-order valence-electron chi connectivity index (χ0n) is 18.0. The van der Waals surface area contributed by atoms with Gasteiger partial charge in [-0.2, -0.15) is 0 Å². The second-order valence-corrected chi connectivity index (χ2v) is 7.89. The molecule has 1 unspecified atom stereocenters. The third-order valence-electron chi connectivity index (χ3n) is 4.55. The van der Waals surface area contributed by atoms with Gasteiger partial charge in [0.15, 0.2) is 5.78 Å². The first-order valence-electron chi connectivity index (χ1n) is 9.68. The van der Waals surface area contributed by atoms with Gasteiger partial charge in [-0.3, -0.25) is 9.59 Å². The summed E-state index contributed by atoms with van der Waals surface area (Å²) in [5.41, 5.74) is 1.10. The van der Waals surface area contributed by atoms with Gasteiger partial charge in [0.2, 0.25) is 5.91 Å². The first-order valence-corrected chi connectivity index (χ1v) is 9.68. The lowest BCUT2D eigenvalue weighted by Gasteiger charge is -2.28. The van der Waals surface area contributed by atoms with E-state index in [9.17, 15) is 14.4 Å². The second kappa shape index (κ2) is 12.9. The summed E-state index contributed by atoms with van der Waals surface area (Å²) in [6, 6.07) is 0. The number of hydrogen-bond acceptors (Lipinski definition) is 4. The second-order valence-electron chi connectivity index (χ2n) is 7.89. The molecule has 0 aliphatic rings. The molecule has 0 spiro atoms. The SMILES string of the molecule is C=CC(=O)C(=C)CCOC(=O)NCCC(C)(C)CC(C)CNC(=O)C(C)=CC. The van der Waals surface area contributed by atoms with Gasteiger partial charge in [0, 0.05) is 25.1 Å². The highest BCUT2D eigenvalue weighted by molar-refractivity contribution is 6.03. The van der Waals surface area contributed by atoms with Crippen LogP contribution in [0, 0.1) is 11.3 Å². The van der Waals surface area contributed by atoms with E-state index in [4.69, 9.17) is 4.74 Å². The summed E-state index contributed by atoms with van der Waals surface area (Å²) in [7, 11) is 0. The number of nitrogens with one attached hydrogen (secondary N) is 2. The highest BCUT2D eigenvalue weighted by Gasteiger charge is 2.21. The molecule has 0 aromatic rings. The maximum atomic E-state index is 11.8. The minimum absolute atomic E-state index is 0.0116. The molecule has 0 rings (SSSR count). The fourth-order valence-electron chi connectivity index (χ4n) is 2.74. The first-order chi connectivity index (χ1) is 13.0. The molecule has 0 aliphatic carbocycles. The topological polar surface area (TPSA) is 84.5 Å². The lowest BCUT2D eigenvalue weighted by molar-refractivity contribution is -0.117. The van der Waals surface area contributed by atoms with Crippen molar-refractivity contribution in [3.63, 3.8) is 0 Å². The summed E-state index contributed by atoms with van der Waals surface area (Å²) < 4.78 is 5.05. The molecule has 28 heavy (non-hydrogen) atoms. The highest BCUT2D eigenvalue weighted by atomic mass is 16.5. The zero-order chi connectivity index (χ0) is 21.7. The predicted molar refractivity (Wildman–Crippen MR) is 113 cm³/mol. The third-order valence-corrected chi connectivity index (χ3v) is 4.55. The van der Waals surface area contributed by atoms with Crippen molar-refractivity contribution < 1.29 is 19.1 Å². The minimum atomic E-state index is -0.503. The molecule has 158 valence electrons. The molecule has 0 bridgehead atoms. The number of alkyl carbamates (subject to hydrolysis) is 1. The van der Waals surface area contributed by atoms with Crippen LogP contribution in [0.15, 0.2) is 36.5 Å². The number of allylic oxidation sites excluding steroid dienone is 2. The molecular formula is C22H36N2O4. The molecule has 2 N–H and O–H groups in total. The first kappa shape index (κ1) is 25.6. The summed E-state index contributed by atoms with van der Waals surface area (Å²) in [4.78, 5) is 34.8. The maximum absolute atomic E-state index is 11.8. The van der Waals surface area contributed by atoms with Crippen molar-refractivity contribution in [1.29, 1.82) is 0 Å². The van der Waals surface area contributed by atoms with Gasteiger partial charge < -0.3 is 15.4 Å². The van der Waals surface area contributed by atoms with E-state index in [1.807, 2.05) is 6.92 Å². The molecule has 0 fully saturated rings. The van der Waals surface area contributed by atoms with Gasteiger partial charge in [-0.1, -0.05) is 40.0 Å². The summed E-state index contributed by atoms with van der Waals surface area (Å²) in [5, 5.41) is 5.67. The Hall–Kier alpha value is -2.37. The summed E-state index contributed by atoms with van der Waals surface area (Å²) in [5.74, 6) is 0.0509. The van der Waals surface area contributed by atoms with Crippen LogP contribution in [-0.2, 0) is 14.3 Å². The third kappa shape index (κ3) is 11.4. The average Bonchev–Trinajstić information content (AvgIpc) is 2.63. The van der Waals surface area contributed by atoms with E-state index in [2.05, 4.69) is 44.6 Å². The smallest absolute Gasteiger partial charge is 0.407 e. The highest BCUT2D eigenvalue weighted by Crippen LogP contribution is 2.28. The van der Waals surface area contributed by atoms with E-state index in [0.29, 0.717) is 36.6 Å². The van der Waals surface area contributed by atoms with Crippen LogP contribution < -0.4 is 10.6 Å². The largest absolute Gasteiger partial charge is 0.449 e. The molecule has 1 atom stereocenters. The Morgan fingerprint density at radius 2 is 1.86 bits per heavy atom. The fourth-order valence-corrected chi connectivity index (χ4v) is 2.74. The Balaban J connectivity index is 4.09. The number of amides is 2. The minimum Gasteiger partial charge on any atom is -0.449 e. The summed E-state index contributed by atoms with van der Waals surface area (Å²) in [6.45, 7) is 18.3. The van der Waals surface area contributed by atoms with Gasteiger partial charge in [0.1, 0.15) is 0 Å². The fraction of sp³-hybridized carbons (Fsp3) is 0.591. The van der Waals surface area contributed by atoms with Crippen LogP contribution in [0.2, 0.25) is 0 Å². The molecule has 0 aromatic carbocycles. The van der Waals surface area contributed by atoms with Crippen LogP contribution in [0.3, 0.4) is 0 Å². The van der Waals surface area contributed by atoms with Gasteiger partial charge in [0.05, 0.1) is 6.61 Å². The monoisotopic (exact) mass is 392 g/mol. The molecule has 0 aliphatic heterocycles. The number of rotatable bonds is 13. The van der Waals surface area contributed by atoms with Crippen LogP contribution in [0.4, 0.5) is 4.79 Å². The van der Waals surface area contributed by atoms with Crippen molar-refractivity contribution in [3.8, 4) is 0 Å². The number of carbonyl (C=O) groups is 3. The van der Waals surface area contributed by atoms with E-state index in [0.717, 1.165) is 12.8 Å². The molecule has 0 saturated carbocycles. The predicted octanol–water partition coefficient (Wildman–Crippen LogP) is 3.94. The molecule has 6 nitrogen and oxygen atoms in total. The standard InChI is InChI=1S/C22H36N2O4/c1-8-17(4)20(26)24-15-16(3)14-22(6,7)11-12-23-21(27)28-13-10-18(5)19(25)9-2/h8-9,16H,2,5,10-15H2,1,3-4,6-7H3,(H,23,27)(H,24,26). The lowest BCUT2D eigenvalue weighted by Crippen LogP contribution is -2.33. The molecule has 0 aromatic heterocycles. The Morgan fingerprint density at radius 3 is 2.43 bits per heavy atom. The van der Waals surface area contributed by atoms with Crippen molar-refractivity contribution in [2.24, 2.45) is 11.3 Å². The van der Waals surface area contributed by atoms with Crippen molar-refractivity contribution in [2.75, 3.05) is 19.7 Å². The van der Waals surface area contributed by atoms with Crippen LogP contribution in [0.25, 0.3) is 0 Å². The summed E-state index contributed by atoms with van der Waals surface area (Å²) in [6.07, 6.45) is 4.48. The van der Waals surface area contributed by atoms with E-state index in [1.54, 1.807) is 13.0 Å². The van der Waals surface area contributed by atoms with Crippen molar-refractivity contribution >= 4 is 17.8 Å². The number of carbonyl (C=O) groups excluding carboxylic acids is 3. The molecule has 2 amide bonds. The quantitative estimate of drug-likeness (QED) is 0.465.